The van der Waals surface area contributed by atoms with E-state index < -0.39 is 5.60 Å². The fourth-order valence-corrected chi connectivity index (χ4v) is 1.92. The molecule has 1 amide bonds. The van der Waals surface area contributed by atoms with Gasteiger partial charge >= 0.3 is 0 Å². The molecule has 0 radical (unpaired) electrons. The molecule has 2 heterocycles. The van der Waals surface area contributed by atoms with E-state index in [1.165, 1.54) is 12.3 Å². The van der Waals surface area contributed by atoms with Crippen LogP contribution in [0.2, 0.25) is 0 Å². The van der Waals surface area contributed by atoms with Crippen molar-refractivity contribution >= 4 is 5.91 Å². The molecule has 0 bridgehead atoms. The lowest BCUT2D eigenvalue weighted by Crippen LogP contribution is -2.63. The van der Waals surface area contributed by atoms with Gasteiger partial charge in [-0.15, -0.1) is 0 Å². The first-order chi connectivity index (χ1) is 7.14. The third-order valence-electron chi connectivity index (χ3n) is 2.63. The third-order valence-corrected chi connectivity index (χ3v) is 2.63. The number of aromatic nitrogens is 1. The van der Waals surface area contributed by atoms with E-state index in [-0.39, 0.29) is 5.91 Å². The van der Waals surface area contributed by atoms with Gasteiger partial charge in [-0.2, -0.15) is 0 Å². The van der Waals surface area contributed by atoms with Gasteiger partial charge in [-0.05, 0) is 6.42 Å². The van der Waals surface area contributed by atoms with Crippen molar-refractivity contribution in [2.24, 2.45) is 0 Å². The van der Waals surface area contributed by atoms with E-state index in [4.69, 9.17) is 0 Å². The Bertz CT molecular complexity index is 342. The minimum absolute atomic E-state index is 0.176. The zero-order valence-electron chi connectivity index (χ0n) is 8.64. The molecule has 0 aromatic carbocycles. The molecule has 5 heteroatoms. The molecule has 1 saturated heterocycles. The summed E-state index contributed by atoms with van der Waals surface area (Å²) in [6.45, 7) is 2.80. The average Bonchev–Trinajstić information content (AvgIpc) is 2.66. The summed E-state index contributed by atoms with van der Waals surface area (Å²) in [5, 5.41) is 13.5. The Labute approximate surface area is 87.7 Å². The van der Waals surface area contributed by atoms with Gasteiger partial charge in [-0.1, -0.05) is 18.5 Å². The van der Waals surface area contributed by atoms with Crippen LogP contribution in [0.15, 0.2) is 16.9 Å². The number of β-amino-alcohol motifs (C(OH)–C–C–N with tert-alkyl or cyclic N) is 1. The molecule has 2 rings (SSSR count). The van der Waals surface area contributed by atoms with Crippen molar-refractivity contribution in [3.63, 3.8) is 0 Å². The molecular formula is C10H14N2O3. The molecule has 0 spiro atoms. The topological polar surface area (TPSA) is 66.6 Å². The zero-order valence-corrected chi connectivity index (χ0v) is 8.64. The van der Waals surface area contributed by atoms with Gasteiger partial charge in [0.05, 0.1) is 18.7 Å². The molecule has 1 aromatic rings. The highest BCUT2D eigenvalue weighted by Gasteiger charge is 2.43. The van der Waals surface area contributed by atoms with E-state index >= 15 is 0 Å². The first-order valence-electron chi connectivity index (χ1n) is 5.07. The molecular weight excluding hydrogens is 196 g/mol. The van der Waals surface area contributed by atoms with Crippen LogP contribution in [0.4, 0.5) is 0 Å². The van der Waals surface area contributed by atoms with Crippen LogP contribution in [0.1, 0.15) is 30.3 Å². The maximum absolute atomic E-state index is 11.7. The molecule has 1 aliphatic rings. The Hall–Kier alpha value is -1.36. The number of nitrogens with zero attached hydrogens (tertiary/aromatic N) is 2. The second kappa shape index (κ2) is 3.66. The van der Waals surface area contributed by atoms with E-state index in [1.54, 1.807) is 4.90 Å². The van der Waals surface area contributed by atoms with Gasteiger partial charge in [-0.3, -0.25) is 4.79 Å². The summed E-state index contributed by atoms with van der Waals surface area (Å²) in [7, 11) is 0. The van der Waals surface area contributed by atoms with Crippen molar-refractivity contribution in [2.75, 3.05) is 13.1 Å². The van der Waals surface area contributed by atoms with Gasteiger partial charge in [0.25, 0.3) is 5.91 Å². The molecule has 1 N–H and O–H groups in total. The Morgan fingerprint density at radius 2 is 2.47 bits per heavy atom. The number of hydrogen-bond donors (Lipinski definition) is 1. The number of aliphatic hydroxyl groups is 1. The molecule has 0 saturated carbocycles. The van der Waals surface area contributed by atoms with E-state index in [2.05, 4.69) is 9.68 Å². The van der Waals surface area contributed by atoms with Crippen LogP contribution < -0.4 is 0 Å². The fraction of sp³-hybridized carbons (Fsp3) is 0.600. The lowest BCUT2D eigenvalue weighted by Gasteiger charge is -2.46. The van der Waals surface area contributed by atoms with Gasteiger partial charge in [0.1, 0.15) is 6.26 Å². The molecule has 15 heavy (non-hydrogen) atoms. The number of amides is 1. The number of carbonyl (C=O) groups excluding carboxylic acids is 1. The van der Waals surface area contributed by atoms with Crippen LogP contribution in [0.5, 0.6) is 0 Å². The molecule has 1 aliphatic heterocycles. The van der Waals surface area contributed by atoms with Crippen LogP contribution in [0, 0.1) is 0 Å². The first-order valence-corrected chi connectivity index (χ1v) is 5.07. The highest BCUT2D eigenvalue weighted by Crippen LogP contribution is 2.26. The standard InChI is InChI=1S/C10H14N2O3/c1-2-4-10(14)6-12(7-10)9(13)8-3-5-15-11-8/h3,5,14H,2,4,6-7H2,1H3. The second-order valence-corrected chi connectivity index (χ2v) is 4.02. The maximum atomic E-state index is 11.7. The quantitative estimate of drug-likeness (QED) is 0.795. The molecule has 0 atom stereocenters. The normalized spacial score (nSPS) is 18.7. The average molecular weight is 210 g/mol. The van der Waals surface area contributed by atoms with Crippen LogP contribution in [-0.4, -0.2) is 39.8 Å². The lowest BCUT2D eigenvalue weighted by molar-refractivity contribution is -0.0862. The summed E-state index contributed by atoms with van der Waals surface area (Å²) in [4.78, 5) is 13.2. The van der Waals surface area contributed by atoms with Crippen molar-refractivity contribution < 1.29 is 14.4 Å². The number of likely N-dealkylation sites (tertiary alicyclic amines) is 1. The number of hydrogen-bond acceptors (Lipinski definition) is 4. The van der Waals surface area contributed by atoms with Crippen LogP contribution in [-0.2, 0) is 0 Å². The van der Waals surface area contributed by atoms with Gasteiger partial charge in [0.2, 0.25) is 0 Å². The van der Waals surface area contributed by atoms with Gasteiger partial charge < -0.3 is 14.5 Å². The van der Waals surface area contributed by atoms with Crippen LogP contribution in [0.3, 0.4) is 0 Å². The van der Waals surface area contributed by atoms with Gasteiger partial charge in [0.15, 0.2) is 5.69 Å². The van der Waals surface area contributed by atoms with E-state index in [0.717, 1.165) is 12.8 Å². The van der Waals surface area contributed by atoms with Crippen molar-refractivity contribution in [2.45, 2.75) is 25.4 Å². The molecule has 1 fully saturated rings. The summed E-state index contributed by atoms with van der Waals surface area (Å²) in [6, 6.07) is 1.53. The molecule has 0 unspecified atom stereocenters. The monoisotopic (exact) mass is 210 g/mol. The van der Waals surface area contributed by atoms with Crippen molar-refractivity contribution in [1.29, 1.82) is 0 Å². The lowest BCUT2D eigenvalue weighted by atomic mass is 9.89. The summed E-state index contributed by atoms with van der Waals surface area (Å²) >= 11 is 0. The van der Waals surface area contributed by atoms with Crippen molar-refractivity contribution in [3.05, 3.63) is 18.0 Å². The Kier molecular flexibility index (Phi) is 2.48. The Balaban J connectivity index is 1.92. The zero-order chi connectivity index (χ0) is 10.9. The second-order valence-electron chi connectivity index (χ2n) is 4.02. The van der Waals surface area contributed by atoms with E-state index in [9.17, 15) is 9.90 Å². The van der Waals surface area contributed by atoms with E-state index in [1.807, 2.05) is 6.92 Å². The minimum atomic E-state index is -0.686. The Morgan fingerprint density at radius 1 is 1.73 bits per heavy atom. The summed E-state index contributed by atoms with van der Waals surface area (Å²) in [5.74, 6) is -0.176. The van der Waals surface area contributed by atoms with Crippen LogP contribution in [0.25, 0.3) is 0 Å². The van der Waals surface area contributed by atoms with Crippen LogP contribution >= 0.6 is 0 Å². The summed E-state index contributed by atoms with van der Waals surface area (Å²) < 4.78 is 4.59. The third kappa shape index (κ3) is 1.87. The molecule has 1 aromatic heterocycles. The first kappa shape index (κ1) is 10.2. The summed E-state index contributed by atoms with van der Waals surface area (Å²) in [5.41, 5.74) is -0.387. The van der Waals surface area contributed by atoms with Gasteiger partial charge in [0, 0.05) is 6.07 Å². The maximum Gasteiger partial charge on any atom is 0.276 e. The minimum Gasteiger partial charge on any atom is -0.386 e. The van der Waals surface area contributed by atoms with Crippen molar-refractivity contribution in [1.82, 2.24) is 10.1 Å². The SMILES string of the molecule is CCCC1(O)CN(C(=O)c2ccon2)C1. The van der Waals surface area contributed by atoms with Crippen molar-refractivity contribution in [3.8, 4) is 0 Å². The fourth-order valence-electron chi connectivity index (χ4n) is 1.92. The summed E-state index contributed by atoms with van der Waals surface area (Å²) in [6.07, 6.45) is 3.02. The number of carbonyl (C=O) groups is 1. The largest absolute Gasteiger partial charge is 0.386 e. The predicted molar refractivity (Wildman–Crippen MR) is 52.3 cm³/mol. The molecule has 0 aliphatic carbocycles. The Morgan fingerprint density at radius 3 is 3.00 bits per heavy atom. The number of rotatable bonds is 3. The predicted octanol–water partition coefficient (Wildman–Crippen LogP) is 0.662. The molecule has 82 valence electrons. The van der Waals surface area contributed by atoms with Gasteiger partial charge in [-0.25, -0.2) is 0 Å². The highest BCUT2D eigenvalue weighted by atomic mass is 16.5. The molecule has 5 nitrogen and oxygen atoms in total. The smallest absolute Gasteiger partial charge is 0.276 e. The van der Waals surface area contributed by atoms with E-state index in [0.29, 0.717) is 18.8 Å². The highest BCUT2D eigenvalue weighted by molar-refractivity contribution is 5.92.